The SMILES string of the molecule is C[C@H]1[C@@H](C)CCC[C@@H]1N1C(=O)N[C@](NC(=O)CCC2CCCCC2)(C(F)(F)F)C1=O. The molecular formula is C21H32F3N3O3. The molecule has 1 aliphatic heterocycles. The molecule has 3 rings (SSSR count). The Morgan fingerprint density at radius 1 is 1.10 bits per heavy atom. The Hall–Kier alpha value is -1.80. The number of urea groups is 1. The summed E-state index contributed by atoms with van der Waals surface area (Å²) >= 11 is 0. The van der Waals surface area contributed by atoms with E-state index in [-0.39, 0.29) is 18.3 Å². The monoisotopic (exact) mass is 431 g/mol. The second kappa shape index (κ2) is 8.75. The van der Waals surface area contributed by atoms with Crippen LogP contribution in [0.25, 0.3) is 0 Å². The number of halogens is 3. The van der Waals surface area contributed by atoms with Crippen molar-refractivity contribution in [1.29, 1.82) is 0 Å². The van der Waals surface area contributed by atoms with Gasteiger partial charge in [0.15, 0.2) is 0 Å². The molecule has 170 valence electrons. The van der Waals surface area contributed by atoms with Gasteiger partial charge in [-0.3, -0.25) is 19.8 Å². The minimum atomic E-state index is -5.14. The van der Waals surface area contributed by atoms with Gasteiger partial charge in [0.25, 0.3) is 11.6 Å². The van der Waals surface area contributed by atoms with Crippen LogP contribution in [0.1, 0.15) is 78.1 Å². The number of amides is 4. The van der Waals surface area contributed by atoms with E-state index in [1.165, 1.54) is 0 Å². The summed E-state index contributed by atoms with van der Waals surface area (Å²) in [5, 5.41) is 3.65. The zero-order valence-electron chi connectivity index (χ0n) is 17.7. The zero-order valence-corrected chi connectivity index (χ0v) is 17.7. The summed E-state index contributed by atoms with van der Waals surface area (Å²) in [5.41, 5.74) is -3.38. The van der Waals surface area contributed by atoms with Gasteiger partial charge in [-0.2, -0.15) is 13.2 Å². The van der Waals surface area contributed by atoms with Crippen LogP contribution in [0.2, 0.25) is 0 Å². The minimum Gasteiger partial charge on any atom is -0.318 e. The topological polar surface area (TPSA) is 78.5 Å². The summed E-state index contributed by atoms with van der Waals surface area (Å²) in [6.07, 6.45) is 2.59. The number of imide groups is 1. The van der Waals surface area contributed by atoms with Crippen LogP contribution in [-0.2, 0) is 9.59 Å². The van der Waals surface area contributed by atoms with Gasteiger partial charge < -0.3 is 5.32 Å². The molecule has 2 saturated carbocycles. The van der Waals surface area contributed by atoms with Crippen molar-refractivity contribution in [3.63, 3.8) is 0 Å². The van der Waals surface area contributed by atoms with Crippen molar-refractivity contribution >= 4 is 17.8 Å². The summed E-state index contributed by atoms with van der Waals surface area (Å²) in [6, 6.07) is -1.69. The number of alkyl halides is 3. The number of hydrogen-bond acceptors (Lipinski definition) is 3. The molecule has 2 N–H and O–H groups in total. The summed E-state index contributed by atoms with van der Waals surface area (Å²) < 4.78 is 42.1. The molecule has 0 unspecified atom stereocenters. The molecule has 0 aromatic heterocycles. The third-order valence-corrected chi connectivity index (χ3v) is 7.30. The Morgan fingerprint density at radius 2 is 1.77 bits per heavy atom. The molecule has 30 heavy (non-hydrogen) atoms. The van der Waals surface area contributed by atoms with E-state index in [4.69, 9.17) is 0 Å². The molecule has 0 bridgehead atoms. The van der Waals surface area contributed by atoms with E-state index in [1.807, 2.05) is 19.2 Å². The second-order valence-electron chi connectivity index (χ2n) is 9.28. The highest BCUT2D eigenvalue weighted by atomic mass is 19.4. The average molecular weight is 431 g/mol. The lowest BCUT2D eigenvalue weighted by atomic mass is 9.77. The van der Waals surface area contributed by atoms with Crippen molar-refractivity contribution < 1.29 is 27.6 Å². The maximum atomic E-state index is 14.0. The molecule has 6 nitrogen and oxygen atoms in total. The van der Waals surface area contributed by atoms with Gasteiger partial charge in [0.05, 0.1) is 0 Å². The molecule has 1 heterocycles. The highest BCUT2D eigenvalue weighted by Crippen LogP contribution is 2.39. The van der Waals surface area contributed by atoms with E-state index in [9.17, 15) is 27.6 Å². The number of carbonyl (C=O) groups excluding carboxylic acids is 3. The van der Waals surface area contributed by atoms with Gasteiger partial charge in [-0.05, 0) is 30.6 Å². The van der Waals surface area contributed by atoms with Gasteiger partial charge in [0.2, 0.25) is 5.91 Å². The first kappa shape index (κ1) is 22.9. The number of nitrogens with zero attached hydrogens (tertiary/aromatic N) is 1. The minimum absolute atomic E-state index is 0.0947. The quantitative estimate of drug-likeness (QED) is 0.644. The molecule has 0 aromatic carbocycles. The summed E-state index contributed by atoms with van der Waals surface area (Å²) in [4.78, 5) is 38.6. The molecule has 3 aliphatic rings. The lowest BCUT2D eigenvalue weighted by Crippen LogP contribution is -2.69. The van der Waals surface area contributed by atoms with Gasteiger partial charge in [-0.15, -0.1) is 0 Å². The molecule has 0 spiro atoms. The standard InChI is InChI=1S/C21H32F3N3O3/c1-13-7-6-10-16(14(13)2)27-18(29)20(21(22,23)24,26-19(27)30)25-17(28)12-11-15-8-4-3-5-9-15/h13-16H,3-12H2,1-2H3,(H,25,28)(H,26,30)/t13-,14-,16-,20-/m0/s1. The normalized spacial score (nSPS) is 33.5. The number of rotatable bonds is 5. The van der Waals surface area contributed by atoms with Crippen LogP contribution < -0.4 is 10.6 Å². The number of nitrogens with one attached hydrogen (secondary N) is 2. The summed E-state index contributed by atoms with van der Waals surface area (Å²) in [5.74, 6) is -1.88. The highest BCUT2D eigenvalue weighted by molar-refractivity contribution is 6.09. The Labute approximate surface area is 175 Å². The predicted octanol–water partition coefficient (Wildman–Crippen LogP) is 4.10. The maximum absolute atomic E-state index is 14.0. The lowest BCUT2D eigenvalue weighted by molar-refractivity contribution is -0.205. The second-order valence-corrected chi connectivity index (χ2v) is 9.28. The van der Waals surface area contributed by atoms with Gasteiger partial charge >= 0.3 is 12.2 Å². The van der Waals surface area contributed by atoms with Crippen LogP contribution in [-0.4, -0.2) is 40.6 Å². The Morgan fingerprint density at radius 3 is 2.40 bits per heavy atom. The molecule has 3 fully saturated rings. The Balaban J connectivity index is 1.75. The van der Waals surface area contributed by atoms with E-state index in [0.29, 0.717) is 23.7 Å². The fraction of sp³-hybridized carbons (Fsp3) is 0.857. The van der Waals surface area contributed by atoms with Gasteiger partial charge in [-0.1, -0.05) is 58.8 Å². The van der Waals surface area contributed by atoms with Crippen LogP contribution in [0.4, 0.5) is 18.0 Å². The fourth-order valence-corrected chi connectivity index (χ4v) is 5.20. The first-order valence-electron chi connectivity index (χ1n) is 11.1. The summed E-state index contributed by atoms with van der Waals surface area (Å²) in [7, 11) is 0. The third kappa shape index (κ3) is 4.30. The van der Waals surface area contributed by atoms with Gasteiger partial charge in [0.1, 0.15) is 0 Å². The first-order valence-corrected chi connectivity index (χ1v) is 11.1. The summed E-state index contributed by atoms with van der Waals surface area (Å²) in [6.45, 7) is 3.82. The number of carbonyl (C=O) groups is 3. The van der Waals surface area contributed by atoms with Crippen molar-refractivity contribution in [3.8, 4) is 0 Å². The smallest absolute Gasteiger partial charge is 0.318 e. The molecule has 1 saturated heterocycles. The zero-order chi connectivity index (χ0) is 22.1. The van der Waals surface area contributed by atoms with Gasteiger partial charge in [-0.25, -0.2) is 4.79 Å². The van der Waals surface area contributed by atoms with Gasteiger partial charge in [0, 0.05) is 12.5 Å². The van der Waals surface area contributed by atoms with Crippen molar-refractivity contribution in [3.05, 3.63) is 0 Å². The Bertz CT molecular complexity index is 678. The highest BCUT2D eigenvalue weighted by Gasteiger charge is 2.69. The molecule has 0 aromatic rings. The maximum Gasteiger partial charge on any atom is 0.440 e. The van der Waals surface area contributed by atoms with Crippen LogP contribution in [0.3, 0.4) is 0 Å². The molecule has 4 atom stereocenters. The van der Waals surface area contributed by atoms with E-state index >= 15 is 0 Å². The van der Waals surface area contributed by atoms with E-state index in [2.05, 4.69) is 0 Å². The van der Waals surface area contributed by atoms with E-state index < -0.39 is 35.7 Å². The van der Waals surface area contributed by atoms with Crippen LogP contribution in [0.5, 0.6) is 0 Å². The largest absolute Gasteiger partial charge is 0.440 e. The molecule has 2 aliphatic carbocycles. The van der Waals surface area contributed by atoms with Crippen molar-refractivity contribution in [2.45, 2.75) is 95.9 Å². The van der Waals surface area contributed by atoms with Crippen molar-refractivity contribution in [2.24, 2.45) is 17.8 Å². The molecule has 4 amide bonds. The van der Waals surface area contributed by atoms with Crippen LogP contribution >= 0.6 is 0 Å². The predicted molar refractivity (Wildman–Crippen MR) is 104 cm³/mol. The number of hydrogen-bond donors (Lipinski definition) is 2. The lowest BCUT2D eigenvalue weighted by Gasteiger charge is -2.38. The van der Waals surface area contributed by atoms with Crippen LogP contribution in [0.15, 0.2) is 0 Å². The fourth-order valence-electron chi connectivity index (χ4n) is 5.20. The molecule has 0 radical (unpaired) electrons. The first-order chi connectivity index (χ1) is 14.1. The van der Waals surface area contributed by atoms with Crippen LogP contribution in [0, 0.1) is 17.8 Å². The average Bonchev–Trinajstić information content (AvgIpc) is 2.94. The Kier molecular flexibility index (Phi) is 6.67. The molecule has 9 heteroatoms. The van der Waals surface area contributed by atoms with Crippen molar-refractivity contribution in [1.82, 2.24) is 15.5 Å². The van der Waals surface area contributed by atoms with Crippen molar-refractivity contribution in [2.75, 3.05) is 0 Å². The molecular weight excluding hydrogens is 399 g/mol. The van der Waals surface area contributed by atoms with E-state index in [0.717, 1.165) is 44.9 Å². The van der Waals surface area contributed by atoms with E-state index in [1.54, 1.807) is 5.32 Å². The third-order valence-electron chi connectivity index (χ3n) is 7.30.